The molecule has 0 N–H and O–H groups in total. The van der Waals surface area contributed by atoms with Gasteiger partial charge in [-0.2, -0.15) is 13.2 Å². The predicted octanol–water partition coefficient (Wildman–Crippen LogP) is 6.11. The molecule has 3 nitrogen and oxygen atoms in total. The van der Waals surface area contributed by atoms with Crippen molar-refractivity contribution in [3.8, 4) is 16.3 Å². The van der Waals surface area contributed by atoms with E-state index in [0.717, 1.165) is 23.5 Å². The second-order valence-electron chi connectivity index (χ2n) is 4.94. The minimum Gasteiger partial charge on any atom is -0.485 e. The van der Waals surface area contributed by atoms with Crippen LogP contribution in [-0.2, 0) is 12.8 Å². The molecular weight excluding hydrogens is 396 g/mol. The third kappa shape index (κ3) is 4.42. The summed E-state index contributed by atoms with van der Waals surface area (Å²) in [6.45, 7) is 0.0952. The lowest BCUT2D eigenvalue weighted by molar-refractivity contribution is -0.137. The maximum absolute atomic E-state index is 12.8. The van der Waals surface area contributed by atoms with Gasteiger partial charge in [-0.05, 0) is 30.3 Å². The van der Waals surface area contributed by atoms with Gasteiger partial charge >= 0.3 is 6.18 Å². The molecule has 130 valence electrons. The second-order valence-corrected chi connectivity index (χ2v) is 6.85. The minimum absolute atomic E-state index is 0.0952. The zero-order valence-electron chi connectivity index (χ0n) is 12.3. The average Bonchev–Trinajstić information content (AvgIpc) is 3.02. The van der Waals surface area contributed by atoms with Gasteiger partial charge in [0.05, 0.1) is 10.6 Å². The molecule has 1 heterocycles. The zero-order valence-corrected chi connectivity index (χ0v) is 14.7. The van der Waals surface area contributed by atoms with Gasteiger partial charge in [-0.15, -0.1) is 10.2 Å². The Kier molecular flexibility index (Phi) is 5.17. The van der Waals surface area contributed by atoms with Crippen molar-refractivity contribution in [3.63, 3.8) is 0 Å². The van der Waals surface area contributed by atoms with Gasteiger partial charge in [-0.1, -0.05) is 46.7 Å². The Hall–Kier alpha value is -1.83. The molecule has 0 amide bonds. The van der Waals surface area contributed by atoms with E-state index >= 15 is 0 Å². The molecule has 9 heteroatoms. The molecule has 0 aliphatic carbocycles. The Labute approximate surface area is 155 Å². The predicted molar refractivity (Wildman–Crippen MR) is 91.1 cm³/mol. The molecule has 25 heavy (non-hydrogen) atoms. The van der Waals surface area contributed by atoms with E-state index < -0.39 is 11.7 Å². The van der Waals surface area contributed by atoms with E-state index in [2.05, 4.69) is 10.2 Å². The molecule has 0 bridgehead atoms. The summed E-state index contributed by atoms with van der Waals surface area (Å²) in [6.07, 6.45) is -4.40. The van der Waals surface area contributed by atoms with Crippen LogP contribution in [-0.4, -0.2) is 10.2 Å². The maximum Gasteiger partial charge on any atom is 0.416 e. The molecule has 0 saturated carbocycles. The monoisotopic (exact) mass is 404 g/mol. The highest BCUT2D eigenvalue weighted by Gasteiger charge is 2.30. The van der Waals surface area contributed by atoms with E-state index in [1.54, 1.807) is 24.3 Å². The minimum atomic E-state index is -4.40. The largest absolute Gasteiger partial charge is 0.485 e. The highest BCUT2D eigenvalue weighted by atomic mass is 35.5. The molecule has 0 atom stereocenters. The summed E-state index contributed by atoms with van der Waals surface area (Å²) in [5, 5.41) is 9.60. The van der Waals surface area contributed by atoms with E-state index in [-0.39, 0.29) is 6.61 Å². The summed E-state index contributed by atoms with van der Waals surface area (Å²) in [5.74, 6) is 0.432. The second kappa shape index (κ2) is 7.19. The number of aromatic nitrogens is 2. The Morgan fingerprint density at radius 1 is 1.04 bits per heavy atom. The Balaban J connectivity index is 1.74. The van der Waals surface area contributed by atoms with Crippen molar-refractivity contribution in [3.05, 3.63) is 63.1 Å². The summed E-state index contributed by atoms with van der Waals surface area (Å²) >= 11 is 13.0. The molecule has 0 aliphatic rings. The van der Waals surface area contributed by atoms with Crippen LogP contribution in [0.3, 0.4) is 0 Å². The van der Waals surface area contributed by atoms with E-state index in [1.165, 1.54) is 6.07 Å². The van der Waals surface area contributed by atoms with Crippen LogP contribution in [0.5, 0.6) is 5.75 Å². The lowest BCUT2D eigenvalue weighted by atomic mass is 10.1. The van der Waals surface area contributed by atoms with Gasteiger partial charge in [-0.25, -0.2) is 0 Å². The summed E-state index contributed by atoms with van der Waals surface area (Å²) in [6, 6.07) is 9.75. The van der Waals surface area contributed by atoms with Gasteiger partial charge in [0.2, 0.25) is 0 Å². The number of rotatable bonds is 4. The molecule has 2 aromatic carbocycles. The zero-order chi connectivity index (χ0) is 18.0. The van der Waals surface area contributed by atoms with E-state index in [4.69, 9.17) is 27.9 Å². The van der Waals surface area contributed by atoms with Crippen molar-refractivity contribution in [1.82, 2.24) is 10.2 Å². The van der Waals surface area contributed by atoms with E-state index in [9.17, 15) is 13.2 Å². The number of hydrogen-bond acceptors (Lipinski definition) is 4. The van der Waals surface area contributed by atoms with E-state index in [0.29, 0.717) is 31.4 Å². The van der Waals surface area contributed by atoms with Crippen LogP contribution in [0.2, 0.25) is 10.0 Å². The molecule has 0 spiro atoms. The van der Waals surface area contributed by atoms with Crippen LogP contribution in [0.25, 0.3) is 10.6 Å². The van der Waals surface area contributed by atoms with Crippen molar-refractivity contribution in [1.29, 1.82) is 0 Å². The van der Waals surface area contributed by atoms with Crippen LogP contribution in [0.4, 0.5) is 13.2 Å². The van der Waals surface area contributed by atoms with Gasteiger partial charge in [0.15, 0.2) is 5.01 Å². The van der Waals surface area contributed by atoms with Crippen LogP contribution in [0.1, 0.15) is 10.6 Å². The highest BCUT2D eigenvalue weighted by Crippen LogP contribution is 2.33. The van der Waals surface area contributed by atoms with Gasteiger partial charge in [0.1, 0.15) is 17.4 Å². The molecule has 0 saturated heterocycles. The first-order valence-corrected chi connectivity index (χ1v) is 8.48. The van der Waals surface area contributed by atoms with Gasteiger partial charge in [-0.3, -0.25) is 0 Å². The standard InChI is InChI=1S/C16H9Cl2F3N2OS/c17-11-4-5-13(12(18)7-11)24-8-14-22-23-15(25-14)9-2-1-3-10(6-9)16(19,20)21/h1-7H,8H2. The summed E-state index contributed by atoms with van der Waals surface area (Å²) in [4.78, 5) is 0. The average molecular weight is 405 g/mol. The third-order valence-electron chi connectivity index (χ3n) is 3.15. The topological polar surface area (TPSA) is 35.0 Å². The quantitative estimate of drug-likeness (QED) is 0.525. The highest BCUT2D eigenvalue weighted by molar-refractivity contribution is 7.14. The van der Waals surface area contributed by atoms with Crippen molar-refractivity contribution >= 4 is 34.5 Å². The fourth-order valence-corrected chi connectivity index (χ4v) is 3.20. The summed E-state index contributed by atoms with van der Waals surface area (Å²) < 4.78 is 43.9. The first-order chi connectivity index (χ1) is 11.8. The molecule has 0 aliphatic heterocycles. The number of alkyl halides is 3. The number of hydrogen-bond donors (Lipinski definition) is 0. The molecule has 0 radical (unpaired) electrons. The molecule has 0 unspecified atom stereocenters. The fourth-order valence-electron chi connectivity index (χ4n) is 1.99. The van der Waals surface area contributed by atoms with Crippen LogP contribution < -0.4 is 4.74 Å². The number of halogens is 5. The number of nitrogens with zero attached hydrogens (tertiary/aromatic N) is 2. The molecule has 3 rings (SSSR count). The van der Waals surface area contributed by atoms with Gasteiger partial charge in [0.25, 0.3) is 0 Å². The Morgan fingerprint density at radius 2 is 1.84 bits per heavy atom. The number of benzene rings is 2. The molecule has 0 fully saturated rings. The normalized spacial score (nSPS) is 11.6. The molecule has 3 aromatic rings. The SMILES string of the molecule is FC(F)(F)c1cccc(-c2nnc(COc3ccc(Cl)cc3Cl)s2)c1. The molecule has 1 aromatic heterocycles. The van der Waals surface area contributed by atoms with Gasteiger partial charge in [0, 0.05) is 10.6 Å². The summed E-state index contributed by atoms with van der Waals surface area (Å²) in [7, 11) is 0. The summed E-state index contributed by atoms with van der Waals surface area (Å²) in [5.41, 5.74) is -0.381. The van der Waals surface area contributed by atoms with Gasteiger partial charge < -0.3 is 4.74 Å². The smallest absolute Gasteiger partial charge is 0.416 e. The maximum atomic E-state index is 12.8. The van der Waals surface area contributed by atoms with Crippen molar-refractivity contribution < 1.29 is 17.9 Å². The van der Waals surface area contributed by atoms with Crippen molar-refractivity contribution in [2.24, 2.45) is 0 Å². The lowest BCUT2D eigenvalue weighted by Crippen LogP contribution is -2.04. The Morgan fingerprint density at radius 3 is 2.56 bits per heavy atom. The van der Waals surface area contributed by atoms with Crippen LogP contribution >= 0.6 is 34.5 Å². The van der Waals surface area contributed by atoms with Crippen LogP contribution in [0, 0.1) is 0 Å². The lowest BCUT2D eigenvalue weighted by Gasteiger charge is -2.07. The fraction of sp³-hybridized carbons (Fsp3) is 0.125. The third-order valence-corrected chi connectivity index (χ3v) is 4.63. The van der Waals surface area contributed by atoms with Crippen molar-refractivity contribution in [2.75, 3.05) is 0 Å². The molecular formula is C16H9Cl2F3N2OS. The van der Waals surface area contributed by atoms with Crippen molar-refractivity contribution in [2.45, 2.75) is 12.8 Å². The van der Waals surface area contributed by atoms with Crippen LogP contribution in [0.15, 0.2) is 42.5 Å². The van der Waals surface area contributed by atoms with E-state index in [1.807, 2.05) is 0 Å². The Bertz CT molecular complexity index is 899. The first-order valence-electron chi connectivity index (χ1n) is 6.91. The first kappa shape index (κ1) is 18.0. The number of ether oxygens (including phenoxy) is 1.